The van der Waals surface area contributed by atoms with Crippen molar-refractivity contribution in [3.8, 4) is 5.75 Å². The van der Waals surface area contributed by atoms with Crippen LogP contribution in [0.15, 0.2) is 17.1 Å². The summed E-state index contributed by atoms with van der Waals surface area (Å²) in [7, 11) is 0. The van der Waals surface area contributed by atoms with Gasteiger partial charge in [-0.1, -0.05) is 11.6 Å². The minimum Gasteiger partial charge on any atom is -0.431 e. The highest BCUT2D eigenvalue weighted by molar-refractivity contribution is 7.78. The Morgan fingerprint density at radius 3 is 2.78 bits per heavy atom. The van der Waals surface area contributed by atoms with Crippen molar-refractivity contribution in [1.29, 1.82) is 0 Å². The molecule has 0 spiro atoms. The fourth-order valence-electron chi connectivity index (χ4n) is 1.04. The number of ether oxygens (including phenoxy) is 2. The number of carbonyl (C=O) groups is 1. The van der Waals surface area contributed by atoms with Gasteiger partial charge in [-0.3, -0.25) is 0 Å². The van der Waals surface area contributed by atoms with Gasteiger partial charge in [0.1, 0.15) is 5.69 Å². The second kappa shape index (κ2) is 6.44. The highest BCUT2D eigenvalue weighted by Crippen LogP contribution is 2.32. The van der Waals surface area contributed by atoms with E-state index in [2.05, 4.69) is 17.2 Å². The third-order valence-corrected chi connectivity index (χ3v) is 2.08. The molecule has 0 saturated heterocycles. The minimum absolute atomic E-state index is 0.0623. The van der Waals surface area contributed by atoms with E-state index in [1.165, 1.54) is 0 Å². The van der Waals surface area contributed by atoms with Gasteiger partial charge in [0, 0.05) is 6.07 Å². The quantitative estimate of drug-likeness (QED) is 0.363. The Morgan fingerprint density at radius 2 is 2.22 bits per heavy atom. The molecular formula is C11H9ClFNO3S. The summed E-state index contributed by atoms with van der Waals surface area (Å²) >= 11 is 10.1. The molecule has 0 unspecified atom stereocenters. The number of thiocarbonyl (C=S) groups is 1. The van der Waals surface area contributed by atoms with Gasteiger partial charge in [-0.2, -0.15) is 4.99 Å². The molecule has 0 radical (unpaired) electrons. The molecule has 0 amide bonds. The van der Waals surface area contributed by atoms with Crippen molar-refractivity contribution in [3.63, 3.8) is 0 Å². The summed E-state index contributed by atoms with van der Waals surface area (Å²) in [6.45, 7) is 3.32. The van der Waals surface area contributed by atoms with Gasteiger partial charge in [0.2, 0.25) is 0 Å². The van der Waals surface area contributed by atoms with Gasteiger partial charge in [-0.05, 0) is 32.1 Å². The highest BCUT2D eigenvalue weighted by Gasteiger charge is 2.14. The number of rotatable bonds is 3. The lowest BCUT2D eigenvalue weighted by Gasteiger charge is -2.09. The molecule has 18 heavy (non-hydrogen) atoms. The third-order valence-electron chi connectivity index (χ3n) is 1.69. The van der Waals surface area contributed by atoms with E-state index in [1.54, 1.807) is 13.8 Å². The number of aliphatic imine (C=N–C) groups is 1. The number of hydrogen-bond donors (Lipinski definition) is 0. The van der Waals surface area contributed by atoms with Crippen molar-refractivity contribution in [2.75, 3.05) is 0 Å². The first kappa shape index (κ1) is 14.6. The number of nitrogens with zero attached hydrogens (tertiary/aromatic N) is 1. The Bertz CT molecular complexity index is 515. The van der Waals surface area contributed by atoms with Gasteiger partial charge in [0.25, 0.3) is 0 Å². The molecule has 4 nitrogen and oxygen atoms in total. The Labute approximate surface area is 113 Å². The normalized spacial score (nSPS) is 9.83. The van der Waals surface area contributed by atoms with Crippen LogP contribution in [0.1, 0.15) is 13.8 Å². The fraction of sp³-hybridized carbons (Fsp3) is 0.273. The van der Waals surface area contributed by atoms with Gasteiger partial charge in [0.15, 0.2) is 11.6 Å². The Morgan fingerprint density at radius 1 is 1.56 bits per heavy atom. The van der Waals surface area contributed by atoms with Crippen molar-refractivity contribution in [1.82, 2.24) is 0 Å². The zero-order valence-electron chi connectivity index (χ0n) is 9.57. The van der Waals surface area contributed by atoms with Crippen LogP contribution in [0, 0.1) is 5.82 Å². The summed E-state index contributed by atoms with van der Waals surface area (Å²) in [6, 6.07) is 2.10. The fourth-order valence-corrected chi connectivity index (χ4v) is 1.33. The van der Waals surface area contributed by atoms with Gasteiger partial charge in [-0.25, -0.2) is 9.18 Å². The van der Waals surface area contributed by atoms with E-state index in [1.807, 2.05) is 5.16 Å². The predicted octanol–water partition coefficient (Wildman–Crippen LogP) is 4.14. The van der Waals surface area contributed by atoms with Gasteiger partial charge in [-0.15, -0.1) is 0 Å². The molecule has 1 rings (SSSR count). The molecule has 0 fully saturated rings. The Balaban J connectivity index is 2.98. The van der Waals surface area contributed by atoms with Crippen molar-refractivity contribution in [3.05, 3.63) is 23.0 Å². The van der Waals surface area contributed by atoms with Gasteiger partial charge < -0.3 is 9.47 Å². The van der Waals surface area contributed by atoms with Gasteiger partial charge in [0.05, 0.1) is 16.3 Å². The van der Waals surface area contributed by atoms with E-state index >= 15 is 0 Å². The maximum atomic E-state index is 13.3. The lowest BCUT2D eigenvalue weighted by atomic mass is 10.3. The van der Waals surface area contributed by atoms with Crippen LogP contribution in [-0.4, -0.2) is 17.4 Å². The van der Waals surface area contributed by atoms with Crippen molar-refractivity contribution >= 4 is 40.8 Å². The summed E-state index contributed by atoms with van der Waals surface area (Å²) < 4.78 is 22.9. The summed E-state index contributed by atoms with van der Waals surface area (Å²) in [5.41, 5.74) is -0.123. The Kier molecular flexibility index (Phi) is 5.22. The van der Waals surface area contributed by atoms with Crippen molar-refractivity contribution < 1.29 is 18.7 Å². The molecule has 0 aliphatic rings. The highest BCUT2D eigenvalue weighted by atomic mass is 35.5. The first-order chi connectivity index (χ1) is 8.43. The third kappa shape index (κ3) is 4.07. The predicted molar refractivity (Wildman–Crippen MR) is 68.3 cm³/mol. The van der Waals surface area contributed by atoms with Crippen LogP contribution in [-0.2, 0) is 4.74 Å². The van der Waals surface area contributed by atoms with E-state index in [4.69, 9.17) is 21.1 Å². The lowest BCUT2D eigenvalue weighted by Crippen LogP contribution is -2.15. The molecular weight excluding hydrogens is 281 g/mol. The van der Waals surface area contributed by atoms with Crippen molar-refractivity contribution in [2.45, 2.75) is 20.0 Å². The number of halogens is 2. The van der Waals surface area contributed by atoms with Crippen molar-refractivity contribution in [2.24, 2.45) is 4.99 Å². The molecule has 0 heterocycles. The number of isothiocyanates is 1. The van der Waals surface area contributed by atoms with Crippen LogP contribution in [0.2, 0.25) is 5.02 Å². The SMILES string of the molecule is CC(C)OC(=O)Oc1cc(N=C=S)c(F)cc1Cl. The molecule has 1 aromatic carbocycles. The standard InChI is InChI=1S/C11H9ClFNO3S/c1-6(2)16-11(15)17-10-4-9(14-5-18)8(13)3-7(10)12/h3-4,6H,1-2H3. The maximum absolute atomic E-state index is 13.3. The Hall–Kier alpha value is -1.49. The summed E-state index contributed by atoms with van der Waals surface area (Å²) in [6.07, 6.45) is -1.27. The molecule has 0 bridgehead atoms. The van der Waals surface area contributed by atoms with E-state index < -0.39 is 12.0 Å². The molecule has 7 heteroatoms. The van der Waals surface area contributed by atoms with E-state index in [-0.39, 0.29) is 22.6 Å². The largest absolute Gasteiger partial charge is 0.514 e. The van der Waals surface area contributed by atoms with Crippen LogP contribution >= 0.6 is 23.8 Å². The molecule has 0 saturated carbocycles. The maximum Gasteiger partial charge on any atom is 0.514 e. The molecule has 1 aromatic rings. The number of hydrogen-bond acceptors (Lipinski definition) is 5. The number of benzene rings is 1. The lowest BCUT2D eigenvalue weighted by molar-refractivity contribution is 0.0729. The van der Waals surface area contributed by atoms with Crippen LogP contribution in [0.25, 0.3) is 0 Å². The first-order valence-corrected chi connectivity index (χ1v) is 5.68. The average molecular weight is 290 g/mol. The zero-order chi connectivity index (χ0) is 13.7. The molecule has 0 aromatic heterocycles. The van der Waals surface area contributed by atoms with Crippen LogP contribution < -0.4 is 4.74 Å². The molecule has 0 aliphatic heterocycles. The monoisotopic (exact) mass is 289 g/mol. The second-order valence-electron chi connectivity index (χ2n) is 3.46. The van der Waals surface area contributed by atoms with Crippen LogP contribution in [0.4, 0.5) is 14.9 Å². The van der Waals surface area contributed by atoms with E-state index in [9.17, 15) is 9.18 Å². The molecule has 0 N–H and O–H groups in total. The summed E-state index contributed by atoms with van der Waals surface area (Å²) in [5, 5.41) is 1.94. The molecule has 0 aliphatic carbocycles. The molecule has 96 valence electrons. The topological polar surface area (TPSA) is 47.9 Å². The minimum atomic E-state index is -0.934. The average Bonchev–Trinajstić information content (AvgIpc) is 2.24. The van der Waals surface area contributed by atoms with Gasteiger partial charge >= 0.3 is 6.16 Å². The van der Waals surface area contributed by atoms with E-state index in [0.717, 1.165) is 12.1 Å². The smallest absolute Gasteiger partial charge is 0.431 e. The van der Waals surface area contributed by atoms with Crippen LogP contribution in [0.5, 0.6) is 5.75 Å². The number of carbonyl (C=O) groups excluding carboxylic acids is 1. The van der Waals surface area contributed by atoms with E-state index in [0.29, 0.717) is 0 Å². The zero-order valence-corrected chi connectivity index (χ0v) is 11.1. The van der Waals surface area contributed by atoms with Crippen LogP contribution in [0.3, 0.4) is 0 Å². The summed E-state index contributed by atoms with van der Waals surface area (Å²) in [4.78, 5) is 14.7. The second-order valence-corrected chi connectivity index (χ2v) is 4.05. The summed E-state index contributed by atoms with van der Waals surface area (Å²) in [5.74, 6) is -0.755. The molecule has 0 atom stereocenters. The first-order valence-electron chi connectivity index (χ1n) is 4.89.